The molecule has 0 aromatic carbocycles. The normalized spacial score (nSPS) is 20.1. The van der Waals surface area contributed by atoms with Gasteiger partial charge in [0, 0.05) is 30.8 Å². The van der Waals surface area contributed by atoms with Crippen molar-refractivity contribution < 1.29 is 4.79 Å². The van der Waals surface area contributed by atoms with Gasteiger partial charge in [-0.2, -0.15) is 16.9 Å². The Morgan fingerprint density at radius 2 is 2.25 bits per heavy atom. The number of aryl methyl sites for hydroxylation is 1. The molecular formula is C18H30N4OS. The maximum atomic E-state index is 12.0. The number of rotatable bonds is 7. The number of hydrogen-bond acceptors (Lipinski definition) is 4. The van der Waals surface area contributed by atoms with Crippen molar-refractivity contribution >= 4 is 17.7 Å². The molecule has 134 valence electrons. The Bertz CT molecular complexity index is 555. The molecule has 3 rings (SSSR count). The van der Waals surface area contributed by atoms with Crippen LogP contribution in [-0.4, -0.2) is 45.2 Å². The summed E-state index contributed by atoms with van der Waals surface area (Å²) in [5.74, 6) is 0.455. The Labute approximate surface area is 149 Å². The summed E-state index contributed by atoms with van der Waals surface area (Å²) >= 11 is 1.94. The second-order valence-corrected chi connectivity index (χ2v) is 8.44. The van der Waals surface area contributed by atoms with Gasteiger partial charge in [-0.25, -0.2) is 0 Å². The van der Waals surface area contributed by atoms with E-state index in [0.717, 1.165) is 56.4 Å². The summed E-state index contributed by atoms with van der Waals surface area (Å²) in [6.45, 7) is 7.14. The van der Waals surface area contributed by atoms with E-state index in [-0.39, 0.29) is 11.8 Å². The van der Waals surface area contributed by atoms with E-state index in [0.29, 0.717) is 6.54 Å². The van der Waals surface area contributed by atoms with Crippen molar-refractivity contribution in [2.75, 3.05) is 19.3 Å². The predicted molar refractivity (Wildman–Crippen MR) is 98.9 cm³/mol. The first-order valence-corrected chi connectivity index (χ1v) is 10.5. The van der Waals surface area contributed by atoms with Gasteiger partial charge in [0.05, 0.1) is 17.9 Å². The van der Waals surface area contributed by atoms with Crippen molar-refractivity contribution in [1.82, 2.24) is 20.0 Å². The Morgan fingerprint density at radius 1 is 1.42 bits per heavy atom. The number of carbonyl (C=O) groups excluding carboxylic acids is 1. The van der Waals surface area contributed by atoms with Crippen LogP contribution >= 0.6 is 11.8 Å². The molecule has 1 fully saturated rings. The fourth-order valence-electron chi connectivity index (χ4n) is 3.34. The highest BCUT2D eigenvalue weighted by Gasteiger charge is 2.25. The highest BCUT2D eigenvalue weighted by atomic mass is 32.2. The average molecular weight is 351 g/mol. The van der Waals surface area contributed by atoms with Crippen LogP contribution in [0.2, 0.25) is 0 Å². The van der Waals surface area contributed by atoms with E-state index < -0.39 is 0 Å². The summed E-state index contributed by atoms with van der Waals surface area (Å²) in [5.41, 5.74) is 2.29. The third-order valence-electron chi connectivity index (χ3n) is 5.32. The SMILES string of the molecule is CS[C@H](C)CCN1CCCn2nc(CNC(=O)C3CCC3)cc2C1. The molecule has 1 aliphatic heterocycles. The summed E-state index contributed by atoms with van der Waals surface area (Å²) in [4.78, 5) is 14.5. The average Bonchev–Trinajstić information content (AvgIpc) is 2.80. The van der Waals surface area contributed by atoms with Crippen LogP contribution in [0.15, 0.2) is 6.07 Å². The minimum Gasteiger partial charge on any atom is -0.350 e. The highest BCUT2D eigenvalue weighted by molar-refractivity contribution is 7.99. The molecule has 1 aromatic rings. The third kappa shape index (κ3) is 4.54. The lowest BCUT2D eigenvalue weighted by Crippen LogP contribution is -2.34. The van der Waals surface area contributed by atoms with Crippen molar-refractivity contribution in [2.24, 2.45) is 5.92 Å². The standard InChI is InChI=1S/C18H30N4OS/c1-14(24-2)7-10-21-8-4-9-22-17(13-21)11-16(20-22)12-19-18(23)15-5-3-6-15/h11,14-15H,3-10,12-13H2,1-2H3,(H,19,23)/t14-/m1/s1. The number of aromatic nitrogens is 2. The predicted octanol–water partition coefficient (Wildman–Crippen LogP) is 2.65. The molecule has 0 spiro atoms. The van der Waals surface area contributed by atoms with Gasteiger partial charge in [-0.1, -0.05) is 13.3 Å². The lowest BCUT2D eigenvalue weighted by atomic mass is 9.85. The van der Waals surface area contributed by atoms with Crippen molar-refractivity contribution in [1.29, 1.82) is 0 Å². The molecule has 0 bridgehead atoms. The molecule has 0 radical (unpaired) electrons. The minimum atomic E-state index is 0.206. The van der Waals surface area contributed by atoms with Crippen LogP contribution in [0.25, 0.3) is 0 Å². The topological polar surface area (TPSA) is 50.2 Å². The second-order valence-electron chi connectivity index (χ2n) is 7.16. The molecule has 0 unspecified atom stereocenters. The maximum absolute atomic E-state index is 12.0. The molecule has 6 heteroatoms. The summed E-state index contributed by atoms with van der Waals surface area (Å²) < 4.78 is 2.14. The van der Waals surface area contributed by atoms with Gasteiger partial charge in [0.25, 0.3) is 0 Å². The molecule has 2 aliphatic rings. The summed E-state index contributed by atoms with van der Waals surface area (Å²) in [6.07, 6.45) is 7.87. The van der Waals surface area contributed by atoms with Crippen molar-refractivity contribution in [3.8, 4) is 0 Å². The molecule has 1 aliphatic carbocycles. The third-order valence-corrected chi connectivity index (χ3v) is 6.36. The van der Waals surface area contributed by atoms with Gasteiger partial charge in [-0.15, -0.1) is 0 Å². The zero-order valence-electron chi connectivity index (χ0n) is 15.0. The molecule has 1 N–H and O–H groups in total. The van der Waals surface area contributed by atoms with Crippen molar-refractivity contribution in [2.45, 2.75) is 63.9 Å². The first-order chi connectivity index (χ1) is 11.7. The Hall–Kier alpha value is -1.01. The van der Waals surface area contributed by atoms with E-state index in [1.54, 1.807) is 0 Å². The fourth-order valence-corrected chi connectivity index (χ4v) is 3.68. The van der Waals surface area contributed by atoms with Gasteiger partial charge in [-0.05, 0) is 44.6 Å². The first-order valence-electron chi connectivity index (χ1n) is 9.24. The molecule has 24 heavy (non-hydrogen) atoms. The lowest BCUT2D eigenvalue weighted by Gasteiger charge is -2.23. The summed E-state index contributed by atoms with van der Waals surface area (Å²) in [5, 5.41) is 8.47. The zero-order valence-corrected chi connectivity index (χ0v) is 15.8. The maximum Gasteiger partial charge on any atom is 0.223 e. The minimum absolute atomic E-state index is 0.206. The molecule has 1 aromatic heterocycles. The molecule has 0 saturated heterocycles. The second kappa shape index (κ2) is 8.39. The van der Waals surface area contributed by atoms with Crippen LogP contribution in [0.1, 0.15) is 50.4 Å². The molecule has 2 heterocycles. The molecular weight excluding hydrogens is 320 g/mol. The van der Waals surface area contributed by atoms with E-state index in [1.165, 1.54) is 18.5 Å². The van der Waals surface area contributed by atoms with Crippen LogP contribution in [0.3, 0.4) is 0 Å². The van der Waals surface area contributed by atoms with Crippen molar-refractivity contribution in [3.63, 3.8) is 0 Å². The van der Waals surface area contributed by atoms with E-state index in [4.69, 9.17) is 5.10 Å². The number of nitrogens with zero attached hydrogens (tertiary/aromatic N) is 3. The van der Waals surface area contributed by atoms with Crippen LogP contribution in [0.4, 0.5) is 0 Å². The van der Waals surface area contributed by atoms with E-state index >= 15 is 0 Å². The number of nitrogens with one attached hydrogen (secondary N) is 1. The van der Waals surface area contributed by atoms with Gasteiger partial charge < -0.3 is 5.32 Å². The Balaban J connectivity index is 1.52. The van der Waals surface area contributed by atoms with E-state index in [9.17, 15) is 4.79 Å². The fraction of sp³-hybridized carbons (Fsp3) is 0.778. The molecule has 1 amide bonds. The largest absolute Gasteiger partial charge is 0.350 e. The number of fused-ring (bicyclic) bond motifs is 1. The lowest BCUT2D eigenvalue weighted by molar-refractivity contribution is -0.127. The smallest absolute Gasteiger partial charge is 0.223 e. The van der Waals surface area contributed by atoms with Crippen LogP contribution in [-0.2, 0) is 24.4 Å². The monoisotopic (exact) mass is 350 g/mol. The Morgan fingerprint density at radius 3 is 2.96 bits per heavy atom. The summed E-state index contributed by atoms with van der Waals surface area (Å²) in [7, 11) is 0. The number of hydrogen-bond donors (Lipinski definition) is 1. The van der Waals surface area contributed by atoms with Crippen LogP contribution in [0, 0.1) is 5.92 Å². The van der Waals surface area contributed by atoms with E-state index in [1.807, 2.05) is 11.8 Å². The van der Waals surface area contributed by atoms with Gasteiger partial charge in [0.1, 0.15) is 0 Å². The number of thioether (sulfide) groups is 1. The highest BCUT2D eigenvalue weighted by Crippen LogP contribution is 2.26. The number of amides is 1. The van der Waals surface area contributed by atoms with Crippen molar-refractivity contribution in [3.05, 3.63) is 17.5 Å². The first kappa shape index (κ1) is 17.8. The molecule has 1 saturated carbocycles. The van der Waals surface area contributed by atoms with Crippen LogP contribution < -0.4 is 5.32 Å². The quantitative estimate of drug-likeness (QED) is 0.821. The van der Waals surface area contributed by atoms with E-state index in [2.05, 4.69) is 34.1 Å². The van der Waals surface area contributed by atoms with Gasteiger partial charge in [0.2, 0.25) is 5.91 Å². The van der Waals surface area contributed by atoms with Crippen LogP contribution in [0.5, 0.6) is 0 Å². The molecule has 1 atom stereocenters. The van der Waals surface area contributed by atoms with Gasteiger partial charge in [-0.3, -0.25) is 14.4 Å². The number of carbonyl (C=O) groups is 1. The molecule has 5 nitrogen and oxygen atoms in total. The zero-order chi connectivity index (χ0) is 16.9. The summed E-state index contributed by atoms with van der Waals surface area (Å²) in [6, 6.07) is 2.18. The van der Waals surface area contributed by atoms with Gasteiger partial charge in [0.15, 0.2) is 0 Å². The van der Waals surface area contributed by atoms with Gasteiger partial charge >= 0.3 is 0 Å². The Kier molecular flexibility index (Phi) is 6.22.